The number of hydrogen-bond acceptors (Lipinski definition) is 7. The summed E-state index contributed by atoms with van der Waals surface area (Å²) in [6.07, 6.45) is -1.32. The van der Waals surface area contributed by atoms with Gasteiger partial charge >= 0.3 is 17.9 Å². The average molecular weight is 387 g/mol. The molecular weight excluding hydrogens is 368 g/mol. The SMILES string of the molecule is COC(=O)C[C@H](C(=O)OC)[C@@H](NC(=O)Cc1c(F)cccc1F)C(=O)OC. The van der Waals surface area contributed by atoms with Gasteiger partial charge in [-0.05, 0) is 12.1 Å². The summed E-state index contributed by atoms with van der Waals surface area (Å²) in [6, 6.07) is 1.45. The van der Waals surface area contributed by atoms with Crippen LogP contribution < -0.4 is 5.32 Å². The predicted molar refractivity (Wildman–Crippen MR) is 86.1 cm³/mol. The van der Waals surface area contributed by atoms with E-state index in [1.54, 1.807) is 0 Å². The normalized spacial score (nSPS) is 12.5. The Morgan fingerprint density at radius 3 is 2.00 bits per heavy atom. The van der Waals surface area contributed by atoms with Crippen LogP contribution in [0.3, 0.4) is 0 Å². The van der Waals surface area contributed by atoms with Crippen molar-refractivity contribution in [2.75, 3.05) is 21.3 Å². The monoisotopic (exact) mass is 387 g/mol. The molecule has 0 unspecified atom stereocenters. The van der Waals surface area contributed by atoms with Crippen molar-refractivity contribution in [1.82, 2.24) is 5.32 Å². The highest BCUT2D eigenvalue weighted by atomic mass is 19.1. The Bertz CT molecular complexity index is 703. The van der Waals surface area contributed by atoms with Crippen LogP contribution in [0.1, 0.15) is 12.0 Å². The number of hydrogen-bond donors (Lipinski definition) is 1. The standard InChI is InChI=1S/C17H19F2NO7/c1-25-14(22)8-10(16(23)26-2)15(17(24)27-3)20-13(21)7-9-11(18)5-4-6-12(9)19/h4-6,10,15H,7-8H2,1-3H3,(H,20,21)/t10-,15+/m0/s1. The Balaban J connectivity index is 3.07. The zero-order chi connectivity index (χ0) is 20.6. The van der Waals surface area contributed by atoms with Crippen LogP contribution in [0.25, 0.3) is 0 Å². The Hall–Kier alpha value is -3.04. The second kappa shape index (κ2) is 10.2. The molecule has 0 bridgehead atoms. The maximum atomic E-state index is 13.7. The van der Waals surface area contributed by atoms with Gasteiger partial charge in [-0.15, -0.1) is 0 Å². The van der Waals surface area contributed by atoms with Crippen molar-refractivity contribution in [2.45, 2.75) is 18.9 Å². The van der Waals surface area contributed by atoms with Gasteiger partial charge < -0.3 is 19.5 Å². The third-order valence-corrected chi connectivity index (χ3v) is 3.69. The van der Waals surface area contributed by atoms with E-state index in [0.29, 0.717) is 0 Å². The number of carbonyl (C=O) groups excluding carboxylic acids is 4. The van der Waals surface area contributed by atoms with Crippen LogP contribution in [0.2, 0.25) is 0 Å². The first-order chi connectivity index (χ1) is 12.7. The molecule has 0 saturated carbocycles. The number of methoxy groups -OCH3 is 3. The summed E-state index contributed by atoms with van der Waals surface area (Å²) in [5, 5.41) is 2.16. The number of benzene rings is 1. The van der Waals surface area contributed by atoms with E-state index in [9.17, 15) is 28.0 Å². The van der Waals surface area contributed by atoms with Crippen molar-refractivity contribution < 1.29 is 42.2 Å². The van der Waals surface area contributed by atoms with Crippen molar-refractivity contribution in [3.8, 4) is 0 Å². The van der Waals surface area contributed by atoms with Gasteiger partial charge in [-0.2, -0.15) is 0 Å². The molecule has 1 rings (SSSR count). The van der Waals surface area contributed by atoms with Crippen molar-refractivity contribution in [2.24, 2.45) is 5.92 Å². The van der Waals surface area contributed by atoms with Gasteiger partial charge in [-0.3, -0.25) is 14.4 Å². The summed E-state index contributed by atoms with van der Waals surface area (Å²) < 4.78 is 40.9. The first kappa shape index (κ1) is 22.0. The second-order valence-corrected chi connectivity index (χ2v) is 5.36. The van der Waals surface area contributed by atoms with Crippen molar-refractivity contribution >= 4 is 23.8 Å². The van der Waals surface area contributed by atoms with Crippen LogP contribution >= 0.6 is 0 Å². The average Bonchev–Trinajstić information content (AvgIpc) is 2.65. The lowest BCUT2D eigenvalue weighted by Crippen LogP contribution is -2.50. The lowest BCUT2D eigenvalue weighted by Gasteiger charge is -2.23. The van der Waals surface area contributed by atoms with E-state index in [1.807, 2.05) is 0 Å². The highest BCUT2D eigenvalue weighted by molar-refractivity contribution is 5.91. The van der Waals surface area contributed by atoms with E-state index in [-0.39, 0.29) is 0 Å². The molecule has 2 atom stereocenters. The molecule has 10 heteroatoms. The first-order valence-electron chi connectivity index (χ1n) is 7.69. The third kappa shape index (κ3) is 6.01. The minimum Gasteiger partial charge on any atom is -0.469 e. The smallest absolute Gasteiger partial charge is 0.329 e. The van der Waals surface area contributed by atoms with Crippen LogP contribution in [-0.4, -0.2) is 51.2 Å². The van der Waals surface area contributed by atoms with Crippen LogP contribution in [0.4, 0.5) is 8.78 Å². The molecular formula is C17H19F2NO7. The predicted octanol–water partition coefficient (Wildman–Crippen LogP) is 0.517. The van der Waals surface area contributed by atoms with Crippen LogP contribution in [0, 0.1) is 17.6 Å². The molecule has 0 heterocycles. The Labute approximate surface area is 153 Å². The molecule has 0 aliphatic rings. The number of amides is 1. The lowest BCUT2D eigenvalue weighted by molar-refractivity contribution is -0.159. The maximum Gasteiger partial charge on any atom is 0.329 e. The van der Waals surface area contributed by atoms with Crippen molar-refractivity contribution in [3.05, 3.63) is 35.4 Å². The molecule has 1 N–H and O–H groups in total. The van der Waals surface area contributed by atoms with Gasteiger partial charge in [0.15, 0.2) is 0 Å². The molecule has 0 fully saturated rings. The zero-order valence-corrected chi connectivity index (χ0v) is 14.9. The molecule has 0 spiro atoms. The summed E-state index contributed by atoms with van der Waals surface area (Å²) in [5.41, 5.74) is -0.513. The molecule has 8 nitrogen and oxygen atoms in total. The summed E-state index contributed by atoms with van der Waals surface area (Å²) in [5.74, 6) is -7.17. The fraction of sp³-hybridized carbons (Fsp3) is 0.412. The summed E-state index contributed by atoms with van der Waals surface area (Å²) in [7, 11) is 3.10. The molecule has 27 heavy (non-hydrogen) atoms. The minimum atomic E-state index is -1.62. The molecule has 0 radical (unpaired) electrons. The minimum absolute atomic E-state index is 0.513. The van der Waals surface area contributed by atoms with E-state index >= 15 is 0 Å². The van der Waals surface area contributed by atoms with Crippen molar-refractivity contribution in [1.29, 1.82) is 0 Å². The van der Waals surface area contributed by atoms with Gasteiger partial charge in [0.25, 0.3) is 0 Å². The van der Waals surface area contributed by atoms with Crippen LogP contribution in [0.15, 0.2) is 18.2 Å². The van der Waals surface area contributed by atoms with E-state index in [1.165, 1.54) is 0 Å². The Kier molecular flexibility index (Phi) is 8.31. The van der Waals surface area contributed by atoms with Gasteiger partial charge in [0.05, 0.1) is 40.1 Å². The quantitative estimate of drug-likeness (QED) is 0.512. The molecule has 0 aliphatic heterocycles. The number of esters is 3. The second-order valence-electron chi connectivity index (χ2n) is 5.36. The van der Waals surface area contributed by atoms with E-state index in [4.69, 9.17) is 0 Å². The first-order valence-corrected chi connectivity index (χ1v) is 7.69. The van der Waals surface area contributed by atoms with Gasteiger partial charge in [0, 0.05) is 5.56 Å². The number of carbonyl (C=O) groups is 4. The molecule has 0 saturated heterocycles. The molecule has 0 aliphatic carbocycles. The van der Waals surface area contributed by atoms with Crippen molar-refractivity contribution in [3.63, 3.8) is 0 Å². The highest BCUT2D eigenvalue weighted by Crippen LogP contribution is 2.16. The number of nitrogens with one attached hydrogen (secondary N) is 1. The van der Waals surface area contributed by atoms with Gasteiger partial charge in [0.1, 0.15) is 17.7 Å². The van der Waals surface area contributed by atoms with E-state index in [0.717, 1.165) is 39.5 Å². The molecule has 148 valence electrons. The van der Waals surface area contributed by atoms with Crippen LogP contribution in [0.5, 0.6) is 0 Å². The van der Waals surface area contributed by atoms with E-state index < -0.39 is 65.8 Å². The van der Waals surface area contributed by atoms with Gasteiger partial charge in [0.2, 0.25) is 5.91 Å². The third-order valence-electron chi connectivity index (χ3n) is 3.69. The van der Waals surface area contributed by atoms with Crippen LogP contribution in [-0.2, 0) is 39.8 Å². The van der Waals surface area contributed by atoms with Gasteiger partial charge in [-0.25, -0.2) is 13.6 Å². The number of halogens is 2. The Morgan fingerprint density at radius 1 is 0.963 bits per heavy atom. The largest absolute Gasteiger partial charge is 0.469 e. The molecule has 0 aromatic heterocycles. The fourth-order valence-electron chi connectivity index (χ4n) is 2.29. The van der Waals surface area contributed by atoms with E-state index in [2.05, 4.69) is 19.5 Å². The summed E-state index contributed by atoms with van der Waals surface area (Å²) in [4.78, 5) is 47.7. The molecule has 1 aromatic rings. The molecule has 1 amide bonds. The fourth-order valence-corrected chi connectivity index (χ4v) is 2.29. The number of rotatable bonds is 8. The van der Waals surface area contributed by atoms with Gasteiger partial charge in [-0.1, -0.05) is 6.07 Å². The zero-order valence-electron chi connectivity index (χ0n) is 14.9. The number of ether oxygens (including phenoxy) is 3. The lowest BCUT2D eigenvalue weighted by atomic mass is 9.95. The topological polar surface area (TPSA) is 108 Å². The molecule has 1 aromatic carbocycles. The highest BCUT2D eigenvalue weighted by Gasteiger charge is 2.38. The Morgan fingerprint density at radius 2 is 1.52 bits per heavy atom. The summed E-state index contributed by atoms with van der Waals surface area (Å²) >= 11 is 0. The summed E-state index contributed by atoms with van der Waals surface area (Å²) in [6.45, 7) is 0. The maximum absolute atomic E-state index is 13.7.